The van der Waals surface area contributed by atoms with Crippen molar-refractivity contribution < 1.29 is 4.79 Å². The van der Waals surface area contributed by atoms with Crippen LogP contribution >= 0.6 is 0 Å². The van der Waals surface area contributed by atoms with Crippen LogP contribution in [0.3, 0.4) is 0 Å². The second-order valence-electron chi connectivity index (χ2n) is 7.29. The van der Waals surface area contributed by atoms with Crippen molar-refractivity contribution in [1.29, 1.82) is 0 Å². The molecule has 1 saturated heterocycles. The fourth-order valence-corrected chi connectivity index (χ4v) is 4.44. The monoisotopic (exact) mass is 327 g/mol. The number of aryl methyl sites for hydroxylation is 2. The van der Waals surface area contributed by atoms with Gasteiger partial charge in [0.15, 0.2) is 0 Å². The minimum Gasteiger partial charge on any atom is -0.333 e. The molecule has 0 unspecified atom stereocenters. The highest BCUT2D eigenvalue weighted by molar-refractivity contribution is 5.91. The molecule has 1 saturated carbocycles. The van der Waals surface area contributed by atoms with Crippen LogP contribution in [0.2, 0.25) is 0 Å². The predicted octanol–water partition coefficient (Wildman–Crippen LogP) is 2.93. The number of fused-ring (bicyclic) bond motifs is 1. The average molecular weight is 327 g/mol. The Balaban J connectivity index is 1.61. The largest absolute Gasteiger partial charge is 0.333 e. The Kier molecular flexibility index (Phi) is 3.98. The predicted molar refractivity (Wildman–Crippen MR) is 90.9 cm³/mol. The van der Waals surface area contributed by atoms with Crippen molar-refractivity contribution in [1.82, 2.24) is 24.5 Å². The third-order valence-corrected chi connectivity index (χ3v) is 5.56. The van der Waals surface area contributed by atoms with Crippen LogP contribution in [0, 0.1) is 19.8 Å². The van der Waals surface area contributed by atoms with Gasteiger partial charge in [0.2, 0.25) is 5.82 Å². The van der Waals surface area contributed by atoms with Crippen LogP contribution in [0.5, 0.6) is 0 Å². The lowest BCUT2D eigenvalue weighted by molar-refractivity contribution is 0.0649. The molecule has 1 aliphatic carbocycles. The summed E-state index contributed by atoms with van der Waals surface area (Å²) in [5.74, 6) is 1.44. The number of aromatic nitrogens is 4. The van der Waals surface area contributed by atoms with Crippen molar-refractivity contribution in [3.05, 3.63) is 23.3 Å². The van der Waals surface area contributed by atoms with E-state index in [1.807, 2.05) is 24.8 Å². The van der Waals surface area contributed by atoms with Crippen molar-refractivity contribution in [3.63, 3.8) is 0 Å². The van der Waals surface area contributed by atoms with Crippen LogP contribution in [0.1, 0.15) is 67.0 Å². The van der Waals surface area contributed by atoms with Gasteiger partial charge < -0.3 is 4.90 Å². The minimum absolute atomic E-state index is 0.0226. The summed E-state index contributed by atoms with van der Waals surface area (Å²) in [5, 5.41) is 4.43. The van der Waals surface area contributed by atoms with E-state index in [2.05, 4.69) is 15.1 Å². The van der Waals surface area contributed by atoms with Crippen LogP contribution in [0.15, 0.2) is 6.07 Å². The number of rotatable bonds is 2. The van der Waals surface area contributed by atoms with Crippen LogP contribution in [-0.2, 0) is 0 Å². The maximum absolute atomic E-state index is 13.0. The number of carbonyl (C=O) groups is 1. The summed E-state index contributed by atoms with van der Waals surface area (Å²) in [7, 11) is 0. The maximum Gasteiger partial charge on any atom is 0.293 e. The van der Waals surface area contributed by atoms with E-state index in [1.54, 1.807) is 4.52 Å². The van der Waals surface area contributed by atoms with E-state index < -0.39 is 0 Å². The molecule has 2 aromatic rings. The Bertz CT molecular complexity index is 762. The standard InChI is InChI=1S/C18H25N5O/c1-12-11-13(2)23-18(19-12)20-16(21-23)17(24)22-10-6-9-15(22)14-7-4-3-5-8-14/h11,14-15H,3-10H2,1-2H3/t15-/m0/s1. The first-order valence-electron chi connectivity index (χ1n) is 9.15. The van der Waals surface area contributed by atoms with Crippen LogP contribution < -0.4 is 0 Å². The van der Waals surface area contributed by atoms with E-state index in [9.17, 15) is 4.79 Å². The number of hydrogen-bond acceptors (Lipinski definition) is 4. The molecular weight excluding hydrogens is 302 g/mol. The first kappa shape index (κ1) is 15.5. The molecule has 6 nitrogen and oxygen atoms in total. The van der Waals surface area contributed by atoms with Crippen LogP contribution in [0.25, 0.3) is 5.78 Å². The van der Waals surface area contributed by atoms with Gasteiger partial charge in [-0.3, -0.25) is 4.79 Å². The highest BCUT2D eigenvalue weighted by atomic mass is 16.2. The van der Waals surface area contributed by atoms with Crippen molar-refractivity contribution in [2.75, 3.05) is 6.54 Å². The Morgan fingerprint density at radius 2 is 1.88 bits per heavy atom. The number of nitrogens with zero attached hydrogens (tertiary/aromatic N) is 5. The van der Waals surface area contributed by atoms with E-state index in [4.69, 9.17) is 0 Å². The molecule has 1 atom stereocenters. The van der Waals surface area contributed by atoms with Crippen molar-refractivity contribution in [2.24, 2.45) is 5.92 Å². The minimum atomic E-state index is -0.0226. The zero-order chi connectivity index (χ0) is 16.7. The van der Waals surface area contributed by atoms with Crippen LogP contribution in [-0.4, -0.2) is 43.0 Å². The van der Waals surface area contributed by atoms with E-state index in [0.717, 1.165) is 30.8 Å². The Morgan fingerprint density at radius 1 is 1.08 bits per heavy atom. The van der Waals surface area contributed by atoms with Gasteiger partial charge in [0.25, 0.3) is 11.7 Å². The number of hydrogen-bond donors (Lipinski definition) is 0. The lowest BCUT2D eigenvalue weighted by atomic mass is 9.83. The highest BCUT2D eigenvalue weighted by Gasteiger charge is 2.36. The smallest absolute Gasteiger partial charge is 0.293 e. The van der Waals surface area contributed by atoms with E-state index in [1.165, 1.54) is 32.1 Å². The SMILES string of the molecule is Cc1cc(C)n2nc(C(=O)N3CCC[C@H]3C3CCCCC3)nc2n1. The fraction of sp³-hybridized carbons (Fsp3) is 0.667. The summed E-state index contributed by atoms with van der Waals surface area (Å²) < 4.78 is 1.67. The molecule has 3 heterocycles. The molecule has 2 aromatic heterocycles. The van der Waals surface area contributed by atoms with Gasteiger partial charge in [0, 0.05) is 24.0 Å². The molecule has 2 aliphatic rings. The van der Waals surface area contributed by atoms with Gasteiger partial charge in [0.05, 0.1) is 0 Å². The summed E-state index contributed by atoms with van der Waals surface area (Å²) in [5.41, 5.74) is 1.85. The number of likely N-dealkylation sites (tertiary alicyclic amines) is 1. The van der Waals surface area contributed by atoms with Crippen molar-refractivity contribution >= 4 is 11.7 Å². The molecule has 24 heavy (non-hydrogen) atoms. The molecule has 0 bridgehead atoms. The zero-order valence-electron chi connectivity index (χ0n) is 14.5. The molecule has 0 N–H and O–H groups in total. The quantitative estimate of drug-likeness (QED) is 0.851. The van der Waals surface area contributed by atoms with E-state index in [0.29, 0.717) is 23.6 Å². The van der Waals surface area contributed by atoms with Gasteiger partial charge >= 0.3 is 0 Å². The first-order valence-corrected chi connectivity index (χ1v) is 9.15. The normalized spacial score (nSPS) is 22.4. The number of carbonyl (C=O) groups excluding carboxylic acids is 1. The highest BCUT2D eigenvalue weighted by Crippen LogP contribution is 2.34. The molecule has 1 amide bonds. The molecule has 0 aromatic carbocycles. The Morgan fingerprint density at radius 3 is 2.67 bits per heavy atom. The third-order valence-electron chi connectivity index (χ3n) is 5.56. The lowest BCUT2D eigenvalue weighted by Crippen LogP contribution is -2.41. The van der Waals surface area contributed by atoms with Gasteiger partial charge in [-0.15, -0.1) is 5.10 Å². The molecule has 6 heteroatoms. The summed E-state index contributed by atoms with van der Waals surface area (Å²) in [6.45, 7) is 4.73. The second kappa shape index (κ2) is 6.15. The fourth-order valence-electron chi connectivity index (χ4n) is 4.44. The molecular formula is C18H25N5O. The Hall–Kier alpha value is -1.98. The van der Waals surface area contributed by atoms with E-state index >= 15 is 0 Å². The molecule has 1 aliphatic heterocycles. The number of amides is 1. The third kappa shape index (κ3) is 2.68. The summed E-state index contributed by atoms with van der Waals surface area (Å²) in [6.07, 6.45) is 8.68. The lowest BCUT2D eigenvalue weighted by Gasteiger charge is -2.33. The average Bonchev–Trinajstić information content (AvgIpc) is 3.22. The van der Waals surface area contributed by atoms with Gasteiger partial charge in [-0.05, 0) is 51.5 Å². The summed E-state index contributed by atoms with van der Waals surface area (Å²) in [4.78, 5) is 23.9. The summed E-state index contributed by atoms with van der Waals surface area (Å²) >= 11 is 0. The Labute approximate surface area is 142 Å². The molecule has 0 spiro atoms. The maximum atomic E-state index is 13.0. The zero-order valence-corrected chi connectivity index (χ0v) is 14.5. The van der Waals surface area contributed by atoms with Crippen LogP contribution in [0.4, 0.5) is 0 Å². The second-order valence-corrected chi connectivity index (χ2v) is 7.29. The molecule has 4 rings (SSSR count). The molecule has 2 fully saturated rings. The van der Waals surface area contributed by atoms with Crippen molar-refractivity contribution in [3.8, 4) is 0 Å². The molecule has 0 radical (unpaired) electrons. The summed E-state index contributed by atoms with van der Waals surface area (Å²) in [6, 6.07) is 2.33. The van der Waals surface area contributed by atoms with Gasteiger partial charge in [0.1, 0.15) is 0 Å². The van der Waals surface area contributed by atoms with Gasteiger partial charge in [-0.1, -0.05) is 19.3 Å². The van der Waals surface area contributed by atoms with E-state index in [-0.39, 0.29) is 5.91 Å². The molecule has 128 valence electrons. The topological polar surface area (TPSA) is 63.4 Å². The van der Waals surface area contributed by atoms with Gasteiger partial charge in [-0.2, -0.15) is 4.98 Å². The van der Waals surface area contributed by atoms with Crippen molar-refractivity contribution in [2.45, 2.75) is 64.8 Å². The van der Waals surface area contributed by atoms with Gasteiger partial charge in [-0.25, -0.2) is 9.50 Å². The first-order chi connectivity index (χ1) is 11.6.